The SMILES string of the molecule is CC(C)(O)C(C)(O)COCC(C)(O)C(C)(C)O. The third-order valence-electron chi connectivity index (χ3n) is 3.40. The largest absolute Gasteiger partial charge is 0.387 e. The Morgan fingerprint density at radius 3 is 1.06 bits per heavy atom. The van der Waals surface area contributed by atoms with Crippen LogP contribution in [0.2, 0.25) is 0 Å². The second-order valence-electron chi connectivity index (χ2n) is 6.16. The molecule has 0 spiro atoms. The second-order valence-corrected chi connectivity index (χ2v) is 6.16. The molecule has 0 aromatic carbocycles. The van der Waals surface area contributed by atoms with Crippen molar-refractivity contribution in [3.63, 3.8) is 0 Å². The smallest absolute Gasteiger partial charge is 0.113 e. The summed E-state index contributed by atoms with van der Waals surface area (Å²) in [5.41, 5.74) is -5.48. The molecule has 2 atom stereocenters. The lowest BCUT2D eigenvalue weighted by molar-refractivity contribution is -0.190. The van der Waals surface area contributed by atoms with Crippen molar-refractivity contribution in [1.82, 2.24) is 0 Å². The van der Waals surface area contributed by atoms with Crippen molar-refractivity contribution in [2.75, 3.05) is 13.2 Å². The van der Waals surface area contributed by atoms with Crippen molar-refractivity contribution in [2.24, 2.45) is 0 Å². The molecule has 104 valence electrons. The van der Waals surface area contributed by atoms with E-state index in [1.807, 2.05) is 0 Å². The molecule has 0 aliphatic heterocycles. The normalized spacial score (nSPS) is 20.8. The van der Waals surface area contributed by atoms with Gasteiger partial charge in [-0.2, -0.15) is 0 Å². The molecule has 0 aliphatic rings. The van der Waals surface area contributed by atoms with Crippen LogP contribution in [0.4, 0.5) is 0 Å². The topological polar surface area (TPSA) is 90.2 Å². The standard InChI is InChI=1S/C12H26O5/c1-9(2,13)11(5,15)7-17-8-12(6,16)10(3,4)14/h13-16H,7-8H2,1-6H3. The van der Waals surface area contributed by atoms with Gasteiger partial charge in [-0.25, -0.2) is 0 Å². The fourth-order valence-corrected chi connectivity index (χ4v) is 0.802. The summed E-state index contributed by atoms with van der Waals surface area (Å²) >= 11 is 0. The molecular formula is C12H26O5. The zero-order valence-corrected chi connectivity index (χ0v) is 11.6. The van der Waals surface area contributed by atoms with E-state index in [1.165, 1.54) is 41.5 Å². The molecule has 5 nitrogen and oxygen atoms in total. The Morgan fingerprint density at radius 1 is 0.647 bits per heavy atom. The van der Waals surface area contributed by atoms with Gasteiger partial charge < -0.3 is 25.2 Å². The van der Waals surface area contributed by atoms with Crippen molar-refractivity contribution in [1.29, 1.82) is 0 Å². The Balaban J connectivity index is 4.36. The summed E-state index contributed by atoms with van der Waals surface area (Å²) in [5, 5.41) is 39.2. The molecule has 17 heavy (non-hydrogen) atoms. The lowest BCUT2D eigenvalue weighted by Gasteiger charge is -2.38. The van der Waals surface area contributed by atoms with Crippen LogP contribution in [0.15, 0.2) is 0 Å². The summed E-state index contributed by atoms with van der Waals surface area (Å²) in [6, 6.07) is 0. The maximum absolute atomic E-state index is 9.93. The second kappa shape index (κ2) is 4.82. The fourth-order valence-electron chi connectivity index (χ4n) is 0.802. The van der Waals surface area contributed by atoms with Crippen molar-refractivity contribution < 1.29 is 25.2 Å². The van der Waals surface area contributed by atoms with Crippen LogP contribution in [-0.2, 0) is 4.74 Å². The first-order chi connectivity index (χ1) is 7.21. The minimum absolute atomic E-state index is 0.136. The molecule has 0 heterocycles. The molecule has 0 saturated carbocycles. The van der Waals surface area contributed by atoms with Crippen LogP contribution in [0.1, 0.15) is 41.5 Å². The molecule has 5 heteroatoms. The maximum atomic E-state index is 9.93. The predicted molar refractivity (Wildman–Crippen MR) is 64.7 cm³/mol. The van der Waals surface area contributed by atoms with Gasteiger partial charge in [0.15, 0.2) is 0 Å². The van der Waals surface area contributed by atoms with E-state index in [4.69, 9.17) is 4.74 Å². The summed E-state index contributed by atoms with van der Waals surface area (Å²) in [7, 11) is 0. The summed E-state index contributed by atoms with van der Waals surface area (Å²) < 4.78 is 5.20. The summed E-state index contributed by atoms with van der Waals surface area (Å²) in [6.07, 6.45) is 0. The van der Waals surface area contributed by atoms with E-state index >= 15 is 0 Å². The third-order valence-corrected chi connectivity index (χ3v) is 3.40. The monoisotopic (exact) mass is 250 g/mol. The van der Waals surface area contributed by atoms with Gasteiger partial charge in [-0.1, -0.05) is 0 Å². The molecule has 0 rings (SSSR count). The van der Waals surface area contributed by atoms with Crippen molar-refractivity contribution in [3.05, 3.63) is 0 Å². The molecule has 0 saturated heterocycles. The Kier molecular flexibility index (Phi) is 4.76. The minimum Gasteiger partial charge on any atom is -0.387 e. The average molecular weight is 250 g/mol. The zero-order chi connectivity index (χ0) is 14.1. The van der Waals surface area contributed by atoms with E-state index in [1.54, 1.807) is 0 Å². The van der Waals surface area contributed by atoms with Gasteiger partial charge in [-0.05, 0) is 41.5 Å². The van der Waals surface area contributed by atoms with Crippen LogP contribution < -0.4 is 0 Å². The van der Waals surface area contributed by atoms with Crippen LogP contribution in [0.25, 0.3) is 0 Å². The van der Waals surface area contributed by atoms with E-state index in [9.17, 15) is 20.4 Å². The number of hydrogen-bond acceptors (Lipinski definition) is 5. The molecule has 0 aromatic rings. The highest BCUT2D eigenvalue weighted by molar-refractivity contribution is 4.92. The molecular weight excluding hydrogens is 224 g/mol. The van der Waals surface area contributed by atoms with Crippen molar-refractivity contribution >= 4 is 0 Å². The highest BCUT2D eigenvalue weighted by Crippen LogP contribution is 2.24. The Hall–Kier alpha value is -0.200. The van der Waals surface area contributed by atoms with E-state index in [0.717, 1.165) is 0 Å². The van der Waals surface area contributed by atoms with Crippen molar-refractivity contribution in [2.45, 2.75) is 63.9 Å². The summed E-state index contributed by atoms with van der Waals surface area (Å²) in [6.45, 7) is 8.53. The highest BCUT2D eigenvalue weighted by Gasteiger charge is 2.41. The summed E-state index contributed by atoms with van der Waals surface area (Å²) in [5.74, 6) is 0. The molecule has 2 unspecified atom stereocenters. The third kappa shape index (κ3) is 4.52. The van der Waals surface area contributed by atoms with Gasteiger partial charge in [0.2, 0.25) is 0 Å². The van der Waals surface area contributed by atoms with Crippen LogP contribution in [0, 0.1) is 0 Å². The van der Waals surface area contributed by atoms with Gasteiger partial charge in [0, 0.05) is 0 Å². The van der Waals surface area contributed by atoms with Gasteiger partial charge in [0.25, 0.3) is 0 Å². The van der Waals surface area contributed by atoms with Gasteiger partial charge in [-0.3, -0.25) is 0 Å². The van der Waals surface area contributed by atoms with Crippen LogP contribution in [0.5, 0.6) is 0 Å². The molecule has 4 N–H and O–H groups in total. The quantitative estimate of drug-likeness (QED) is 0.535. The first kappa shape index (κ1) is 16.8. The molecule has 0 fully saturated rings. The predicted octanol–water partition coefficient (Wildman–Crippen LogP) is 0.0468. The van der Waals surface area contributed by atoms with E-state index < -0.39 is 22.4 Å². The van der Waals surface area contributed by atoms with E-state index in [-0.39, 0.29) is 13.2 Å². The Morgan fingerprint density at radius 2 is 0.882 bits per heavy atom. The summed E-state index contributed by atoms with van der Waals surface area (Å²) in [4.78, 5) is 0. The number of rotatable bonds is 6. The van der Waals surface area contributed by atoms with Crippen LogP contribution in [0.3, 0.4) is 0 Å². The first-order valence-corrected chi connectivity index (χ1v) is 5.68. The van der Waals surface area contributed by atoms with Gasteiger partial charge >= 0.3 is 0 Å². The van der Waals surface area contributed by atoms with Crippen molar-refractivity contribution in [3.8, 4) is 0 Å². The Labute approximate surface area is 103 Å². The minimum atomic E-state index is -1.43. The van der Waals surface area contributed by atoms with Gasteiger partial charge in [0.1, 0.15) is 11.2 Å². The lowest BCUT2D eigenvalue weighted by Crippen LogP contribution is -2.54. The molecule has 0 radical (unpaired) electrons. The van der Waals surface area contributed by atoms with Crippen LogP contribution >= 0.6 is 0 Å². The lowest BCUT2D eigenvalue weighted by atomic mass is 9.87. The number of aliphatic hydroxyl groups is 4. The Bertz CT molecular complexity index is 219. The van der Waals surface area contributed by atoms with E-state index in [2.05, 4.69) is 0 Å². The molecule has 0 aromatic heterocycles. The number of ether oxygens (including phenoxy) is 1. The van der Waals surface area contributed by atoms with Gasteiger partial charge in [0.05, 0.1) is 24.4 Å². The average Bonchev–Trinajstić information content (AvgIpc) is 1.98. The molecule has 0 bridgehead atoms. The molecule has 0 amide bonds. The molecule has 0 aliphatic carbocycles. The zero-order valence-electron chi connectivity index (χ0n) is 11.6. The number of hydrogen-bond donors (Lipinski definition) is 4. The van der Waals surface area contributed by atoms with Crippen LogP contribution in [-0.4, -0.2) is 56.0 Å². The highest BCUT2D eigenvalue weighted by atomic mass is 16.5. The van der Waals surface area contributed by atoms with E-state index in [0.29, 0.717) is 0 Å². The van der Waals surface area contributed by atoms with Gasteiger partial charge in [-0.15, -0.1) is 0 Å². The first-order valence-electron chi connectivity index (χ1n) is 5.68. The fraction of sp³-hybridized carbons (Fsp3) is 1.00. The maximum Gasteiger partial charge on any atom is 0.113 e.